The first-order valence-corrected chi connectivity index (χ1v) is 7.67. The molecule has 4 aromatic rings. The lowest BCUT2D eigenvalue weighted by atomic mass is 10.2. The summed E-state index contributed by atoms with van der Waals surface area (Å²) in [5.74, 6) is -0.163. The third-order valence-corrected chi connectivity index (χ3v) is 3.73. The first-order chi connectivity index (χ1) is 12.2. The summed E-state index contributed by atoms with van der Waals surface area (Å²) >= 11 is 0. The highest BCUT2D eigenvalue weighted by Gasteiger charge is 2.10. The Balaban J connectivity index is 1.62. The molecule has 25 heavy (non-hydrogen) atoms. The number of anilines is 1. The van der Waals surface area contributed by atoms with Gasteiger partial charge in [0.15, 0.2) is 5.82 Å². The van der Waals surface area contributed by atoms with Crippen molar-refractivity contribution in [3.63, 3.8) is 0 Å². The lowest BCUT2D eigenvalue weighted by molar-refractivity contribution is 0.102. The molecular weight excluding hydrogens is 319 g/mol. The summed E-state index contributed by atoms with van der Waals surface area (Å²) in [7, 11) is 0. The van der Waals surface area contributed by atoms with Gasteiger partial charge in [0.2, 0.25) is 0 Å². The number of fused-ring (bicyclic) bond motifs is 1. The molecule has 0 aliphatic carbocycles. The number of halogens is 1. The Morgan fingerprint density at radius 3 is 2.76 bits per heavy atom. The molecule has 0 spiro atoms. The van der Waals surface area contributed by atoms with Gasteiger partial charge in [0.1, 0.15) is 11.5 Å². The molecule has 122 valence electrons. The van der Waals surface area contributed by atoms with Crippen LogP contribution in [-0.4, -0.2) is 20.9 Å². The smallest absolute Gasteiger partial charge is 0.255 e. The molecule has 2 aromatic carbocycles. The highest BCUT2D eigenvalue weighted by atomic mass is 19.1. The Hall–Kier alpha value is -3.54. The second-order valence-corrected chi connectivity index (χ2v) is 5.50. The second kappa shape index (κ2) is 6.16. The van der Waals surface area contributed by atoms with Crippen LogP contribution in [0.1, 0.15) is 10.4 Å². The summed E-state index contributed by atoms with van der Waals surface area (Å²) in [5, 5.41) is 2.76. The number of aromatic nitrogens is 3. The highest BCUT2D eigenvalue weighted by molar-refractivity contribution is 6.05. The molecule has 0 fully saturated rings. The Kier molecular flexibility index (Phi) is 3.70. The molecule has 0 unspecified atom stereocenters. The average Bonchev–Trinajstić information content (AvgIpc) is 3.06. The van der Waals surface area contributed by atoms with Crippen LogP contribution in [0.3, 0.4) is 0 Å². The molecular formula is C19H13FN4O. The van der Waals surface area contributed by atoms with Gasteiger partial charge in [-0.25, -0.2) is 9.37 Å². The maximum absolute atomic E-state index is 13.2. The van der Waals surface area contributed by atoms with Gasteiger partial charge in [-0.3, -0.25) is 9.78 Å². The predicted molar refractivity (Wildman–Crippen MR) is 93.7 cm³/mol. The number of carbonyl (C=O) groups is 1. The van der Waals surface area contributed by atoms with Crippen molar-refractivity contribution in [2.24, 2.45) is 0 Å². The number of imidazole rings is 1. The van der Waals surface area contributed by atoms with Gasteiger partial charge in [-0.1, -0.05) is 12.1 Å². The minimum atomic E-state index is -0.448. The number of amides is 1. The zero-order valence-electron chi connectivity index (χ0n) is 13.0. The maximum Gasteiger partial charge on any atom is 0.255 e. The maximum atomic E-state index is 13.2. The number of nitrogens with zero attached hydrogens (tertiary/aromatic N) is 2. The van der Waals surface area contributed by atoms with Crippen molar-refractivity contribution in [2.75, 3.05) is 5.32 Å². The van der Waals surface area contributed by atoms with Crippen molar-refractivity contribution in [3.05, 3.63) is 78.2 Å². The van der Waals surface area contributed by atoms with Crippen molar-refractivity contribution in [2.45, 2.75) is 0 Å². The number of aromatic amines is 1. The van der Waals surface area contributed by atoms with E-state index in [1.165, 1.54) is 18.2 Å². The second-order valence-electron chi connectivity index (χ2n) is 5.50. The third-order valence-electron chi connectivity index (χ3n) is 3.73. The lowest BCUT2D eigenvalue weighted by Gasteiger charge is -2.05. The monoisotopic (exact) mass is 332 g/mol. The summed E-state index contributed by atoms with van der Waals surface area (Å²) in [5.41, 5.74) is 3.14. The van der Waals surface area contributed by atoms with Gasteiger partial charge in [-0.05, 0) is 48.5 Å². The van der Waals surface area contributed by atoms with E-state index in [-0.39, 0.29) is 11.5 Å². The topological polar surface area (TPSA) is 70.7 Å². The number of benzene rings is 2. The summed E-state index contributed by atoms with van der Waals surface area (Å²) in [6, 6.07) is 16.5. The molecule has 5 nitrogen and oxygen atoms in total. The van der Waals surface area contributed by atoms with Crippen LogP contribution in [0.25, 0.3) is 22.6 Å². The summed E-state index contributed by atoms with van der Waals surface area (Å²) in [6.07, 6.45) is 1.70. The number of pyridine rings is 1. The van der Waals surface area contributed by atoms with E-state index in [0.29, 0.717) is 11.5 Å². The van der Waals surface area contributed by atoms with E-state index < -0.39 is 5.82 Å². The van der Waals surface area contributed by atoms with Crippen LogP contribution in [0.5, 0.6) is 0 Å². The first kappa shape index (κ1) is 15.0. The standard InChI is InChI=1S/C19H13FN4O/c20-13-5-3-4-12(10-13)19(25)22-14-7-8-15-17(11-14)24-18(23-15)16-6-1-2-9-21-16/h1-11H,(H,22,25)(H,23,24). The van der Waals surface area contributed by atoms with E-state index >= 15 is 0 Å². The number of rotatable bonds is 3. The highest BCUT2D eigenvalue weighted by Crippen LogP contribution is 2.22. The molecule has 0 aliphatic heterocycles. The van der Waals surface area contributed by atoms with Crippen molar-refractivity contribution in [3.8, 4) is 11.5 Å². The molecule has 4 rings (SSSR count). The Labute approximate surface area is 142 Å². The normalized spacial score (nSPS) is 10.8. The largest absolute Gasteiger partial charge is 0.337 e. The van der Waals surface area contributed by atoms with Crippen molar-refractivity contribution >= 4 is 22.6 Å². The molecule has 1 amide bonds. The van der Waals surface area contributed by atoms with E-state index in [2.05, 4.69) is 20.3 Å². The van der Waals surface area contributed by atoms with Gasteiger partial charge in [-0.15, -0.1) is 0 Å². The molecule has 2 aromatic heterocycles. The zero-order chi connectivity index (χ0) is 17.2. The summed E-state index contributed by atoms with van der Waals surface area (Å²) in [6.45, 7) is 0. The molecule has 0 bridgehead atoms. The minimum Gasteiger partial charge on any atom is -0.337 e. The Bertz CT molecular complexity index is 1060. The van der Waals surface area contributed by atoms with Gasteiger partial charge in [-0.2, -0.15) is 0 Å². The molecule has 0 aliphatic rings. The number of hydrogen-bond acceptors (Lipinski definition) is 3. The van der Waals surface area contributed by atoms with Crippen LogP contribution < -0.4 is 5.32 Å². The van der Waals surface area contributed by atoms with Crippen LogP contribution in [0.4, 0.5) is 10.1 Å². The van der Waals surface area contributed by atoms with Crippen LogP contribution in [-0.2, 0) is 0 Å². The molecule has 0 saturated carbocycles. The van der Waals surface area contributed by atoms with E-state index in [1.54, 1.807) is 30.5 Å². The van der Waals surface area contributed by atoms with Crippen LogP contribution in [0.15, 0.2) is 66.9 Å². The van der Waals surface area contributed by atoms with Gasteiger partial charge < -0.3 is 10.3 Å². The van der Waals surface area contributed by atoms with E-state index in [1.807, 2.05) is 18.2 Å². The van der Waals surface area contributed by atoms with Gasteiger partial charge in [0.05, 0.1) is 11.0 Å². The summed E-state index contributed by atoms with van der Waals surface area (Å²) in [4.78, 5) is 24.2. The number of H-pyrrole nitrogens is 1. The van der Waals surface area contributed by atoms with Crippen molar-refractivity contribution in [1.82, 2.24) is 15.0 Å². The average molecular weight is 332 g/mol. The Morgan fingerprint density at radius 1 is 1.04 bits per heavy atom. The molecule has 2 N–H and O–H groups in total. The predicted octanol–water partition coefficient (Wildman–Crippen LogP) is 4.02. The lowest BCUT2D eigenvalue weighted by Crippen LogP contribution is -2.11. The third kappa shape index (κ3) is 3.10. The molecule has 0 atom stereocenters. The number of nitrogens with one attached hydrogen (secondary N) is 2. The van der Waals surface area contributed by atoms with Crippen molar-refractivity contribution in [1.29, 1.82) is 0 Å². The fourth-order valence-electron chi connectivity index (χ4n) is 2.54. The van der Waals surface area contributed by atoms with Gasteiger partial charge >= 0.3 is 0 Å². The molecule has 6 heteroatoms. The van der Waals surface area contributed by atoms with E-state index in [9.17, 15) is 9.18 Å². The number of hydrogen-bond donors (Lipinski definition) is 2. The van der Waals surface area contributed by atoms with E-state index in [0.717, 1.165) is 16.7 Å². The minimum absolute atomic E-state index is 0.263. The molecule has 0 saturated heterocycles. The van der Waals surface area contributed by atoms with E-state index in [4.69, 9.17) is 0 Å². The van der Waals surface area contributed by atoms with Crippen LogP contribution in [0.2, 0.25) is 0 Å². The number of carbonyl (C=O) groups excluding carboxylic acids is 1. The van der Waals surface area contributed by atoms with Crippen molar-refractivity contribution < 1.29 is 9.18 Å². The SMILES string of the molecule is O=C(Nc1ccc2nc(-c3ccccn3)[nH]c2c1)c1cccc(F)c1. The van der Waals surface area contributed by atoms with Gasteiger partial charge in [0, 0.05) is 17.4 Å². The quantitative estimate of drug-likeness (QED) is 0.595. The first-order valence-electron chi connectivity index (χ1n) is 7.67. The molecule has 0 radical (unpaired) electrons. The molecule has 2 heterocycles. The van der Waals surface area contributed by atoms with Crippen LogP contribution >= 0.6 is 0 Å². The van der Waals surface area contributed by atoms with Gasteiger partial charge in [0.25, 0.3) is 5.91 Å². The summed E-state index contributed by atoms with van der Waals surface area (Å²) < 4.78 is 13.2. The van der Waals surface area contributed by atoms with Crippen LogP contribution in [0, 0.1) is 5.82 Å². The Morgan fingerprint density at radius 2 is 1.96 bits per heavy atom. The fourth-order valence-corrected chi connectivity index (χ4v) is 2.54. The zero-order valence-corrected chi connectivity index (χ0v) is 13.0. The fraction of sp³-hybridized carbons (Fsp3) is 0.